The molecular formula is C25H40O2. The fraction of sp³-hybridized carbons (Fsp3) is 0.760. The van der Waals surface area contributed by atoms with E-state index in [1.54, 1.807) is 5.57 Å². The highest BCUT2D eigenvalue weighted by atomic mass is 16.3. The lowest BCUT2D eigenvalue weighted by molar-refractivity contribution is 0.0893. The predicted octanol–water partition coefficient (Wildman–Crippen LogP) is 5.81. The first-order valence-electron chi connectivity index (χ1n) is 11.2. The van der Waals surface area contributed by atoms with Gasteiger partial charge in [0, 0.05) is 0 Å². The van der Waals surface area contributed by atoms with Crippen LogP contribution in [0, 0.1) is 29.1 Å². The Morgan fingerprint density at radius 1 is 1.11 bits per heavy atom. The first-order chi connectivity index (χ1) is 12.7. The largest absolute Gasteiger partial charge is 0.388 e. The van der Waals surface area contributed by atoms with E-state index in [4.69, 9.17) is 0 Å². The molecule has 0 aromatic rings. The second kappa shape index (κ2) is 8.25. The van der Waals surface area contributed by atoms with Crippen molar-refractivity contribution >= 4 is 0 Å². The maximum atomic E-state index is 10.1. The second-order valence-electron chi connectivity index (χ2n) is 10.3. The molecule has 0 aromatic heterocycles. The molecule has 0 spiro atoms. The highest BCUT2D eigenvalue weighted by Gasteiger charge is 2.50. The molecule has 3 saturated carbocycles. The molecule has 3 aliphatic carbocycles. The van der Waals surface area contributed by atoms with E-state index in [0.717, 1.165) is 29.2 Å². The van der Waals surface area contributed by atoms with Crippen LogP contribution < -0.4 is 0 Å². The lowest BCUT2D eigenvalue weighted by atomic mass is 9.60. The Morgan fingerprint density at radius 3 is 2.41 bits per heavy atom. The fourth-order valence-corrected chi connectivity index (χ4v) is 6.55. The van der Waals surface area contributed by atoms with E-state index in [1.807, 2.05) is 0 Å². The zero-order chi connectivity index (χ0) is 19.8. The summed E-state index contributed by atoms with van der Waals surface area (Å²) >= 11 is 0. The standard InChI is InChI=1S/C25H40O2/c1-16(2)13-17(3)21-10-11-22-20(7-6-12-25(21,22)5)9-8-19-14-23(26)18(4)24(27)15-19/h8-9,16-17,21-24,26-27H,4,6-7,10-15H2,1-3,5H3. The molecule has 0 bridgehead atoms. The molecule has 3 aliphatic rings. The molecule has 152 valence electrons. The van der Waals surface area contributed by atoms with Gasteiger partial charge < -0.3 is 10.2 Å². The van der Waals surface area contributed by atoms with Crippen molar-refractivity contribution in [1.29, 1.82) is 0 Å². The predicted molar refractivity (Wildman–Crippen MR) is 113 cm³/mol. The van der Waals surface area contributed by atoms with Gasteiger partial charge in [-0.2, -0.15) is 0 Å². The first kappa shape index (κ1) is 20.9. The third kappa shape index (κ3) is 4.27. The number of rotatable bonds is 4. The third-order valence-corrected chi connectivity index (χ3v) is 7.87. The van der Waals surface area contributed by atoms with Gasteiger partial charge in [0.15, 0.2) is 0 Å². The Hall–Kier alpha value is -0.860. The van der Waals surface area contributed by atoms with Crippen LogP contribution in [-0.4, -0.2) is 22.4 Å². The Kier molecular flexibility index (Phi) is 6.37. The number of allylic oxidation sites excluding steroid dienone is 3. The van der Waals surface area contributed by atoms with Gasteiger partial charge in [-0.05, 0) is 86.0 Å². The number of hydrogen-bond acceptors (Lipinski definition) is 2. The van der Waals surface area contributed by atoms with Gasteiger partial charge in [0.05, 0.1) is 12.2 Å². The molecule has 6 unspecified atom stereocenters. The quantitative estimate of drug-likeness (QED) is 0.611. The van der Waals surface area contributed by atoms with E-state index in [-0.39, 0.29) is 0 Å². The van der Waals surface area contributed by atoms with Crippen LogP contribution >= 0.6 is 0 Å². The Balaban J connectivity index is 1.76. The van der Waals surface area contributed by atoms with Crippen LogP contribution in [0.3, 0.4) is 0 Å². The molecule has 0 aliphatic heterocycles. The van der Waals surface area contributed by atoms with Crippen molar-refractivity contribution < 1.29 is 10.2 Å². The van der Waals surface area contributed by atoms with Gasteiger partial charge in [0.2, 0.25) is 0 Å². The molecule has 2 N–H and O–H groups in total. The number of hydrogen-bond donors (Lipinski definition) is 2. The van der Waals surface area contributed by atoms with Gasteiger partial charge in [0.1, 0.15) is 0 Å². The molecule has 2 heteroatoms. The van der Waals surface area contributed by atoms with Crippen LogP contribution in [0.5, 0.6) is 0 Å². The average Bonchev–Trinajstić information content (AvgIpc) is 2.94. The molecule has 27 heavy (non-hydrogen) atoms. The third-order valence-electron chi connectivity index (χ3n) is 7.87. The van der Waals surface area contributed by atoms with Crippen LogP contribution in [-0.2, 0) is 0 Å². The summed E-state index contributed by atoms with van der Waals surface area (Å²) in [5, 5.41) is 20.2. The zero-order valence-corrected chi connectivity index (χ0v) is 17.9. The second-order valence-corrected chi connectivity index (χ2v) is 10.3. The van der Waals surface area contributed by atoms with Gasteiger partial charge in [-0.25, -0.2) is 0 Å². The summed E-state index contributed by atoms with van der Waals surface area (Å²) in [5.41, 5.74) is 3.80. The van der Waals surface area contributed by atoms with Gasteiger partial charge in [0.25, 0.3) is 0 Å². The smallest absolute Gasteiger partial charge is 0.0809 e. The highest BCUT2D eigenvalue weighted by molar-refractivity contribution is 5.29. The molecule has 0 saturated heterocycles. The van der Waals surface area contributed by atoms with Crippen LogP contribution in [0.2, 0.25) is 0 Å². The van der Waals surface area contributed by atoms with Crippen molar-refractivity contribution in [2.75, 3.05) is 0 Å². The van der Waals surface area contributed by atoms with Crippen molar-refractivity contribution in [2.24, 2.45) is 29.1 Å². The number of aliphatic hydroxyl groups excluding tert-OH is 2. The summed E-state index contributed by atoms with van der Waals surface area (Å²) in [4.78, 5) is 0. The zero-order valence-electron chi connectivity index (χ0n) is 17.9. The molecule has 3 rings (SSSR count). The normalized spacial score (nSPS) is 39.7. The molecule has 3 fully saturated rings. The SMILES string of the molecule is C=C1C(O)CC(=CC=C2CCCC3(C)C2CCC3C(C)CC(C)C)CC1O. The van der Waals surface area contributed by atoms with E-state index >= 15 is 0 Å². The summed E-state index contributed by atoms with van der Waals surface area (Å²) in [6.45, 7) is 13.6. The topological polar surface area (TPSA) is 40.5 Å². The van der Waals surface area contributed by atoms with Crippen molar-refractivity contribution in [3.05, 3.63) is 35.5 Å². The van der Waals surface area contributed by atoms with E-state index < -0.39 is 12.2 Å². The van der Waals surface area contributed by atoms with Crippen molar-refractivity contribution in [3.63, 3.8) is 0 Å². The van der Waals surface area contributed by atoms with Gasteiger partial charge in [-0.3, -0.25) is 0 Å². The van der Waals surface area contributed by atoms with E-state index in [9.17, 15) is 10.2 Å². The Morgan fingerprint density at radius 2 is 1.78 bits per heavy atom. The summed E-state index contributed by atoms with van der Waals surface area (Å²) < 4.78 is 0. The van der Waals surface area contributed by atoms with Crippen molar-refractivity contribution in [2.45, 2.75) is 91.3 Å². The molecule has 0 aromatic carbocycles. The van der Waals surface area contributed by atoms with Crippen LogP contribution in [0.25, 0.3) is 0 Å². The van der Waals surface area contributed by atoms with Crippen molar-refractivity contribution in [1.82, 2.24) is 0 Å². The fourth-order valence-electron chi connectivity index (χ4n) is 6.55. The van der Waals surface area contributed by atoms with Crippen LogP contribution in [0.1, 0.15) is 79.1 Å². The minimum absolute atomic E-state index is 0.455. The Labute approximate surface area is 166 Å². The maximum absolute atomic E-state index is 10.1. The molecular weight excluding hydrogens is 332 g/mol. The number of fused-ring (bicyclic) bond motifs is 1. The lowest BCUT2D eigenvalue weighted by Crippen LogP contribution is -2.36. The number of aliphatic hydroxyl groups is 2. The monoisotopic (exact) mass is 372 g/mol. The summed E-state index contributed by atoms with van der Waals surface area (Å²) in [7, 11) is 0. The summed E-state index contributed by atoms with van der Waals surface area (Å²) in [6, 6.07) is 0. The summed E-state index contributed by atoms with van der Waals surface area (Å²) in [5.74, 6) is 3.16. The van der Waals surface area contributed by atoms with Gasteiger partial charge in [-0.1, -0.05) is 57.6 Å². The van der Waals surface area contributed by atoms with Gasteiger partial charge in [-0.15, -0.1) is 0 Å². The average molecular weight is 373 g/mol. The molecule has 2 nitrogen and oxygen atoms in total. The highest BCUT2D eigenvalue weighted by Crippen LogP contribution is 2.60. The van der Waals surface area contributed by atoms with E-state index in [1.165, 1.54) is 38.5 Å². The Bertz CT molecular complexity index is 598. The van der Waals surface area contributed by atoms with Crippen LogP contribution in [0.4, 0.5) is 0 Å². The maximum Gasteiger partial charge on any atom is 0.0809 e. The molecule has 0 heterocycles. The summed E-state index contributed by atoms with van der Waals surface area (Å²) in [6.07, 6.45) is 12.5. The van der Waals surface area contributed by atoms with Crippen LogP contribution in [0.15, 0.2) is 35.5 Å². The van der Waals surface area contributed by atoms with E-state index in [0.29, 0.717) is 23.8 Å². The molecule has 0 radical (unpaired) electrons. The van der Waals surface area contributed by atoms with Gasteiger partial charge >= 0.3 is 0 Å². The minimum Gasteiger partial charge on any atom is -0.388 e. The molecule has 6 atom stereocenters. The van der Waals surface area contributed by atoms with Crippen molar-refractivity contribution in [3.8, 4) is 0 Å². The minimum atomic E-state index is -0.595. The van der Waals surface area contributed by atoms with E-state index in [2.05, 4.69) is 46.4 Å². The molecule has 0 amide bonds. The lowest BCUT2D eigenvalue weighted by Gasteiger charge is -2.44. The first-order valence-corrected chi connectivity index (χ1v) is 11.2.